The highest BCUT2D eigenvalue weighted by atomic mass is 79.9. The van der Waals surface area contributed by atoms with Crippen molar-refractivity contribution >= 4 is 38.9 Å². The van der Waals surface area contributed by atoms with Gasteiger partial charge in [0.2, 0.25) is 0 Å². The molecule has 0 saturated carbocycles. The van der Waals surface area contributed by atoms with Gasteiger partial charge in [-0.1, -0.05) is 28.1 Å². The molecule has 0 amide bonds. The molecule has 6 heteroatoms. The van der Waals surface area contributed by atoms with Crippen LogP contribution in [0, 0.1) is 0 Å². The van der Waals surface area contributed by atoms with Crippen LogP contribution in [0.3, 0.4) is 0 Å². The maximum Gasteiger partial charge on any atom is 0.170 e. The minimum absolute atomic E-state index is 0.0698. The van der Waals surface area contributed by atoms with Crippen LogP contribution in [0.15, 0.2) is 53.0 Å². The third-order valence-electron chi connectivity index (χ3n) is 3.16. The number of hydrogen-bond acceptors (Lipinski definition) is 3. The van der Waals surface area contributed by atoms with E-state index in [4.69, 9.17) is 21.7 Å². The third-order valence-corrected chi connectivity index (χ3v) is 3.93. The van der Waals surface area contributed by atoms with E-state index in [9.17, 15) is 0 Å². The number of fused-ring (bicyclic) bond motifs is 1. The largest absolute Gasteiger partial charge is 0.486 e. The quantitative estimate of drug-likeness (QED) is 0.799. The van der Waals surface area contributed by atoms with Gasteiger partial charge in [-0.2, -0.15) is 0 Å². The molecule has 2 aromatic rings. The minimum atomic E-state index is -0.0698. The van der Waals surface area contributed by atoms with Crippen molar-refractivity contribution in [3.63, 3.8) is 0 Å². The van der Waals surface area contributed by atoms with Gasteiger partial charge in [0.25, 0.3) is 0 Å². The lowest BCUT2D eigenvalue weighted by atomic mass is 10.2. The summed E-state index contributed by atoms with van der Waals surface area (Å²) in [7, 11) is 0. The molecule has 2 N–H and O–H groups in total. The van der Waals surface area contributed by atoms with Crippen LogP contribution in [0.2, 0.25) is 0 Å². The van der Waals surface area contributed by atoms with Gasteiger partial charge in [0, 0.05) is 10.2 Å². The summed E-state index contributed by atoms with van der Waals surface area (Å²) in [6.07, 6.45) is -0.0698. The van der Waals surface area contributed by atoms with E-state index in [0.717, 1.165) is 21.7 Å². The topological polar surface area (TPSA) is 42.5 Å². The van der Waals surface area contributed by atoms with Gasteiger partial charge in [-0.25, -0.2) is 0 Å². The maximum absolute atomic E-state index is 5.87. The second-order valence-electron chi connectivity index (χ2n) is 4.84. The zero-order valence-electron chi connectivity index (χ0n) is 11.7. The number of rotatable bonds is 3. The predicted octanol–water partition coefficient (Wildman–Crippen LogP) is 3.58. The van der Waals surface area contributed by atoms with E-state index < -0.39 is 0 Å². The van der Waals surface area contributed by atoms with Crippen molar-refractivity contribution in [2.24, 2.45) is 0 Å². The SMILES string of the molecule is S=C(NC[C@@H]1COc2ccccc2O1)Nc1ccc(Br)cc1. The molecule has 1 aliphatic rings. The summed E-state index contributed by atoms with van der Waals surface area (Å²) in [6, 6.07) is 15.5. The van der Waals surface area contributed by atoms with E-state index in [-0.39, 0.29) is 6.10 Å². The molecule has 0 spiro atoms. The highest BCUT2D eigenvalue weighted by Crippen LogP contribution is 2.30. The fourth-order valence-electron chi connectivity index (χ4n) is 2.08. The van der Waals surface area contributed by atoms with Crippen LogP contribution in [0.4, 0.5) is 5.69 Å². The van der Waals surface area contributed by atoms with E-state index in [1.54, 1.807) is 0 Å². The molecule has 0 aliphatic carbocycles. The zero-order chi connectivity index (χ0) is 15.4. The Bertz CT molecular complexity index is 663. The first-order valence-corrected chi connectivity index (χ1v) is 8.10. The number of thiocarbonyl (C=S) groups is 1. The van der Waals surface area contributed by atoms with Crippen LogP contribution < -0.4 is 20.1 Å². The number of benzene rings is 2. The second kappa shape index (κ2) is 6.98. The lowest BCUT2D eigenvalue weighted by molar-refractivity contribution is 0.0939. The van der Waals surface area contributed by atoms with E-state index >= 15 is 0 Å². The minimum Gasteiger partial charge on any atom is -0.486 e. The third kappa shape index (κ3) is 3.90. The van der Waals surface area contributed by atoms with E-state index in [0.29, 0.717) is 18.3 Å². The van der Waals surface area contributed by atoms with Crippen LogP contribution in [0.5, 0.6) is 11.5 Å². The van der Waals surface area contributed by atoms with Gasteiger partial charge in [-0.05, 0) is 48.6 Å². The van der Waals surface area contributed by atoms with Crippen molar-refractivity contribution in [2.45, 2.75) is 6.10 Å². The van der Waals surface area contributed by atoms with Gasteiger partial charge < -0.3 is 20.1 Å². The van der Waals surface area contributed by atoms with Crippen molar-refractivity contribution < 1.29 is 9.47 Å². The van der Waals surface area contributed by atoms with Crippen LogP contribution in [0.25, 0.3) is 0 Å². The first-order chi connectivity index (χ1) is 10.7. The first-order valence-electron chi connectivity index (χ1n) is 6.89. The molecule has 3 rings (SSSR count). The standard InChI is InChI=1S/C16H15BrN2O2S/c17-11-5-7-12(8-6-11)19-16(22)18-9-13-10-20-14-3-1-2-4-15(14)21-13/h1-8,13H,9-10H2,(H2,18,19,22)/t13-/m1/s1. The molecular weight excluding hydrogens is 364 g/mol. The smallest absolute Gasteiger partial charge is 0.170 e. The molecule has 2 aromatic carbocycles. The lowest BCUT2D eigenvalue weighted by Crippen LogP contribution is -2.42. The summed E-state index contributed by atoms with van der Waals surface area (Å²) in [5.74, 6) is 1.56. The van der Waals surface area contributed by atoms with Crippen molar-refractivity contribution in [3.8, 4) is 11.5 Å². The lowest BCUT2D eigenvalue weighted by Gasteiger charge is -2.27. The molecule has 0 bridgehead atoms. The van der Waals surface area contributed by atoms with Gasteiger partial charge in [0.15, 0.2) is 16.6 Å². The average molecular weight is 379 g/mol. The van der Waals surface area contributed by atoms with Crippen molar-refractivity contribution in [2.75, 3.05) is 18.5 Å². The Balaban J connectivity index is 1.49. The van der Waals surface area contributed by atoms with Gasteiger partial charge in [0.1, 0.15) is 12.7 Å². The molecule has 0 unspecified atom stereocenters. The molecule has 1 atom stereocenters. The van der Waals surface area contributed by atoms with E-state index in [1.807, 2.05) is 48.5 Å². The second-order valence-corrected chi connectivity index (χ2v) is 6.16. The number of para-hydroxylation sites is 2. The first kappa shape index (κ1) is 15.1. The van der Waals surface area contributed by atoms with Crippen molar-refractivity contribution in [1.29, 1.82) is 0 Å². The molecule has 0 aromatic heterocycles. The monoisotopic (exact) mass is 378 g/mol. The highest BCUT2D eigenvalue weighted by Gasteiger charge is 2.20. The van der Waals surface area contributed by atoms with Crippen molar-refractivity contribution in [1.82, 2.24) is 5.32 Å². The zero-order valence-corrected chi connectivity index (χ0v) is 14.1. The maximum atomic E-state index is 5.87. The number of anilines is 1. The van der Waals surface area contributed by atoms with Crippen molar-refractivity contribution in [3.05, 3.63) is 53.0 Å². The van der Waals surface area contributed by atoms with Crippen LogP contribution in [-0.4, -0.2) is 24.4 Å². The van der Waals surface area contributed by atoms with E-state index in [2.05, 4.69) is 26.6 Å². The number of halogens is 1. The summed E-state index contributed by atoms with van der Waals surface area (Å²) in [5, 5.41) is 6.84. The summed E-state index contributed by atoms with van der Waals surface area (Å²) in [6.45, 7) is 1.08. The summed E-state index contributed by atoms with van der Waals surface area (Å²) in [4.78, 5) is 0. The Hall–Kier alpha value is -1.79. The molecule has 4 nitrogen and oxygen atoms in total. The van der Waals surface area contributed by atoms with Gasteiger partial charge >= 0.3 is 0 Å². The highest BCUT2D eigenvalue weighted by molar-refractivity contribution is 9.10. The van der Waals surface area contributed by atoms with Crippen LogP contribution in [-0.2, 0) is 0 Å². The molecule has 22 heavy (non-hydrogen) atoms. The van der Waals surface area contributed by atoms with Gasteiger partial charge in [-0.15, -0.1) is 0 Å². The molecule has 0 saturated heterocycles. The fraction of sp³-hybridized carbons (Fsp3) is 0.188. The Labute approximate surface area is 142 Å². The molecule has 0 fully saturated rings. The normalized spacial score (nSPS) is 16.0. The molecule has 0 radical (unpaired) electrons. The molecule has 1 aliphatic heterocycles. The number of ether oxygens (including phenoxy) is 2. The Morgan fingerprint density at radius 2 is 1.86 bits per heavy atom. The van der Waals surface area contributed by atoms with Gasteiger partial charge in [-0.3, -0.25) is 0 Å². The molecular formula is C16H15BrN2O2S. The number of hydrogen-bond donors (Lipinski definition) is 2. The fourth-order valence-corrected chi connectivity index (χ4v) is 2.54. The molecule has 114 valence electrons. The summed E-state index contributed by atoms with van der Waals surface area (Å²) in [5.41, 5.74) is 0.937. The number of nitrogens with one attached hydrogen (secondary N) is 2. The average Bonchev–Trinajstić information content (AvgIpc) is 2.55. The van der Waals surface area contributed by atoms with Crippen LogP contribution >= 0.6 is 28.1 Å². The molecule has 1 heterocycles. The van der Waals surface area contributed by atoms with Gasteiger partial charge in [0.05, 0.1) is 6.54 Å². The van der Waals surface area contributed by atoms with Crippen LogP contribution in [0.1, 0.15) is 0 Å². The van der Waals surface area contributed by atoms with E-state index in [1.165, 1.54) is 0 Å². The Morgan fingerprint density at radius 1 is 1.14 bits per heavy atom. The Kier molecular flexibility index (Phi) is 4.80. The summed E-state index contributed by atoms with van der Waals surface area (Å²) < 4.78 is 12.6. The predicted molar refractivity (Wildman–Crippen MR) is 94.7 cm³/mol. The summed E-state index contributed by atoms with van der Waals surface area (Å²) >= 11 is 8.69. The Morgan fingerprint density at radius 3 is 2.64 bits per heavy atom.